The highest BCUT2D eigenvalue weighted by molar-refractivity contribution is 5.67. The van der Waals surface area contributed by atoms with E-state index in [0.29, 0.717) is 6.04 Å². The van der Waals surface area contributed by atoms with E-state index in [-0.39, 0.29) is 0 Å². The molecule has 0 aromatic carbocycles. The van der Waals surface area contributed by atoms with Crippen molar-refractivity contribution in [3.63, 3.8) is 0 Å². The van der Waals surface area contributed by atoms with Crippen LogP contribution in [0.3, 0.4) is 0 Å². The zero-order valence-corrected chi connectivity index (χ0v) is 9.73. The summed E-state index contributed by atoms with van der Waals surface area (Å²) in [5, 5.41) is 3.44. The van der Waals surface area contributed by atoms with Crippen LogP contribution in [0.15, 0.2) is 37.4 Å². The molecule has 0 radical (unpaired) electrons. The van der Waals surface area contributed by atoms with Gasteiger partial charge in [-0.15, -0.1) is 0 Å². The fourth-order valence-corrected chi connectivity index (χ4v) is 2.53. The topological polar surface area (TPSA) is 34.1 Å². The van der Waals surface area contributed by atoms with Gasteiger partial charge in [-0.2, -0.15) is 0 Å². The van der Waals surface area contributed by atoms with E-state index in [9.17, 15) is 0 Å². The first-order valence-electron chi connectivity index (χ1n) is 6.04. The molecule has 0 bridgehead atoms. The lowest BCUT2D eigenvalue weighted by Gasteiger charge is -2.40. The first-order chi connectivity index (χ1) is 8.36. The minimum absolute atomic E-state index is 0.572. The maximum Gasteiger partial charge on any atom is 0.145 e. The molecule has 0 amide bonds. The average Bonchev–Trinajstić information content (AvgIpc) is 2.32. The Morgan fingerprint density at radius 2 is 2.41 bits per heavy atom. The molecular formula is C14H16N2O. The highest BCUT2D eigenvalue weighted by Gasteiger charge is 2.31. The zero-order valence-electron chi connectivity index (χ0n) is 9.73. The molecule has 1 aromatic rings. The molecule has 2 heterocycles. The van der Waals surface area contributed by atoms with E-state index < -0.39 is 0 Å². The second-order valence-corrected chi connectivity index (χ2v) is 4.62. The number of ether oxygens (including phenoxy) is 1. The third kappa shape index (κ3) is 1.98. The van der Waals surface area contributed by atoms with E-state index in [1.165, 1.54) is 24.8 Å². The monoisotopic (exact) mass is 228 g/mol. The van der Waals surface area contributed by atoms with Crippen LogP contribution >= 0.6 is 0 Å². The molecule has 0 spiro atoms. The Labute approximate surface area is 101 Å². The second-order valence-electron chi connectivity index (χ2n) is 4.62. The molecule has 1 aliphatic heterocycles. The Hall–Kier alpha value is -1.61. The van der Waals surface area contributed by atoms with E-state index in [0.717, 1.165) is 23.7 Å². The van der Waals surface area contributed by atoms with Gasteiger partial charge in [0.25, 0.3) is 0 Å². The number of pyridine rings is 1. The third-order valence-corrected chi connectivity index (χ3v) is 3.59. The number of nitrogens with one attached hydrogen (secondary N) is 1. The van der Waals surface area contributed by atoms with Gasteiger partial charge >= 0.3 is 0 Å². The first kappa shape index (κ1) is 10.5. The van der Waals surface area contributed by atoms with Gasteiger partial charge in [-0.25, -0.2) is 0 Å². The summed E-state index contributed by atoms with van der Waals surface area (Å²) in [5.74, 6) is 1.60. The summed E-state index contributed by atoms with van der Waals surface area (Å²) >= 11 is 0. The summed E-state index contributed by atoms with van der Waals surface area (Å²) < 4.78 is 5.26. The lowest BCUT2D eigenvalue weighted by molar-refractivity contribution is 0.256. The second kappa shape index (κ2) is 4.34. The Morgan fingerprint density at radius 3 is 3.12 bits per heavy atom. The molecular weight excluding hydrogens is 212 g/mol. The fraction of sp³-hybridized carbons (Fsp3) is 0.357. The van der Waals surface area contributed by atoms with Crippen molar-refractivity contribution in [3.8, 4) is 5.75 Å². The van der Waals surface area contributed by atoms with Gasteiger partial charge in [0.1, 0.15) is 5.75 Å². The summed E-state index contributed by atoms with van der Waals surface area (Å²) in [6.45, 7) is 4.73. The minimum Gasteiger partial charge on any atom is -0.464 e. The van der Waals surface area contributed by atoms with Crippen LogP contribution in [0.2, 0.25) is 0 Å². The molecule has 0 saturated carbocycles. The molecule has 1 N–H and O–H groups in total. The van der Waals surface area contributed by atoms with Crippen LogP contribution in [0.4, 0.5) is 0 Å². The van der Waals surface area contributed by atoms with Gasteiger partial charge in [-0.05, 0) is 36.0 Å². The highest BCUT2D eigenvalue weighted by Crippen LogP contribution is 2.34. The van der Waals surface area contributed by atoms with Gasteiger partial charge in [0.15, 0.2) is 0 Å². The summed E-state index contributed by atoms with van der Waals surface area (Å²) in [6.07, 6.45) is 9.80. The van der Waals surface area contributed by atoms with E-state index in [2.05, 4.69) is 23.0 Å². The Bertz CT molecular complexity index is 467. The van der Waals surface area contributed by atoms with Crippen molar-refractivity contribution >= 4 is 5.57 Å². The SMILES string of the molecule is C=COc1cncc(C2=CC3NCC3CC2)c1. The molecule has 3 rings (SSSR count). The number of nitrogens with zero attached hydrogens (tertiary/aromatic N) is 1. The van der Waals surface area contributed by atoms with Crippen LogP contribution in [0, 0.1) is 5.92 Å². The predicted molar refractivity (Wildman–Crippen MR) is 67.6 cm³/mol. The van der Waals surface area contributed by atoms with Crippen molar-refractivity contribution in [1.29, 1.82) is 0 Å². The van der Waals surface area contributed by atoms with Crippen molar-refractivity contribution < 1.29 is 4.74 Å². The van der Waals surface area contributed by atoms with Crippen molar-refractivity contribution in [1.82, 2.24) is 10.3 Å². The lowest BCUT2D eigenvalue weighted by atomic mass is 9.79. The highest BCUT2D eigenvalue weighted by atomic mass is 16.5. The average molecular weight is 228 g/mol. The Morgan fingerprint density at radius 1 is 1.47 bits per heavy atom. The molecule has 1 aliphatic carbocycles. The van der Waals surface area contributed by atoms with Crippen LogP contribution in [0.1, 0.15) is 18.4 Å². The van der Waals surface area contributed by atoms with Gasteiger partial charge < -0.3 is 10.1 Å². The largest absolute Gasteiger partial charge is 0.464 e. The number of hydrogen-bond donors (Lipinski definition) is 1. The maximum absolute atomic E-state index is 5.26. The third-order valence-electron chi connectivity index (χ3n) is 3.59. The predicted octanol–water partition coefficient (Wildman–Crippen LogP) is 2.37. The molecule has 2 unspecified atom stereocenters. The summed E-state index contributed by atoms with van der Waals surface area (Å²) in [4.78, 5) is 4.21. The smallest absolute Gasteiger partial charge is 0.145 e. The molecule has 3 heteroatoms. The summed E-state index contributed by atoms with van der Waals surface area (Å²) in [7, 11) is 0. The molecule has 2 atom stereocenters. The normalized spacial score (nSPS) is 26.5. The summed E-state index contributed by atoms with van der Waals surface area (Å²) in [6, 6.07) is 2.60. The molecule has 3 nitrogen and oxygen atoms in total. The van der Waals surface area contributed by atoms with Gasteiger partial charge in [-0.1, -0.05) is 12.7 Å². The Kier molecular flexibility index (Phi) is 2.69. The number of allylic oxidation sites excluding steroid dienone is 1. The van der Waals surface area contributed by atoms with Crippen molar-refractivity contribution in [2.24, 2.45) is 5.92 Å². The van der Waals surface area contributed by atoms with Crippen LogP contribution < -0.4 is 10.1 Å². The molecule has 88 valence electrons. The van der Waals surface area contributed by atoms with Gasteiger partial charge in [0.2, 0.25) is 0 Å². The fourth-order valence-electron chi connectivity index (χ4n) is 2.53. The number of rotatable bonds is 3. The van der Waals surface area contributed by atoms with Crippen LogP contribution in [-0.4, -0.2) is 17.6 Å². The minimum atomic E-state index is 0.572. The van der Waals surface area contributed by atoms with Gasteiger partial charge in [0, 0.05) is 18.8 Å². The zero-order chi connectivity index (χ0) is 11.7. The van der Waals surface area contributed by atoms with Gasteiger partial charge in [-0.3, -0.25) is 4.98 Å². The number of fused-ring (bicyclic) bond motifs is 1. The molecule has 1 aromatic heterocycles. The van der Waals surface area contributed by atoms with Crippen LogP contribution in [0.25, 0.3) is 5.57 Å². The van der Waals surface area contributed by atoms with Gasteiger partial charge in [0.05, 0.1) is 12.5 Å². The number of aromatic nitrogens is 1. The lowest BCUT2D eigenvalue weighted by Crippen LogP contribution is -2.52. The van der Waals surface area contributed by atoms with Crippen molar-refractivity contribution in [3.05, 3.63) is 42.9 Å². The summed E-state index contributed by atoms with van der Waals surface area (Å²) in [5.41, 5.74) is 2.54. The van der Waals surface area contributed by atoms with E-state index in [1.807, 2.05) is 12.3 Å². The molecule has 2 aliphatic rings. The van der Waals surface area contributed by atoms with Crippen LogP contribution in [-0.2, 0) is 0 Å². The van der Waals surface area contributed by atoms with Crippen molar-refractivity contribution in [2.45, 2.75) is 18.9 Å². The van der Waals surface area contributed by atoms with Crippen LogP contribution in [0.5, 0.6) is 5.75 Å². The standard InChI is InChI=1S/C14H16N2O/c1-2-17-13-5-12(7-15-9-13)10-3-4-11-8-16-14(11)6-10/h2,5-7,9,11,14,16H,1,3-4,8H2. The van der Waals surface area contributed by atoms with E-state index in [4.69, 9.17) is 4.74 Å². The van der Waals surface area contributed by atoms with E-state index >= 15 is 0 Å². The quantitative estimate of drug-likeness (QED) is 0.806. The van der Waals surface area contributed by atoms with E-state index in [1.54, 1.807) is 6.20 Å². The number of hydrogen-bond acceptors (Lipinski definition) is 3. The Balaban J connectivity index is 1.85. The first-order valence-corrected chi connectivity index (χ1v) is 6.04. The maximum atomic E-state index is 5.26. The molecule has 17 heavy (non-hydrogen) atoms. The molecule has 1 fully saturated rings. The van der Waals surface area contributed by atoms with Crippen molar-refractivity contribution in [2.75, 3.05) is 6.54 Å². The molecule has 1 saturated heterocycles.